The molecular formula is C13H23NO4S. The van der Waals surface area contributed by atoms with E-state index in [-0.39, 0.29) is 11.8 Å². The highest BCUT2D eigenvalue weighted by molar-refractivity contribution is 7.87. The molecule has 0 aromatic carbocycles. The molecule has 1 aliphatic rings. The number of aliphatic carboxylic acids is 1. The molecular weight excluding hydrogens is 266 g/mol. The average Bonchev–Trinajstić information content (AvgIpc) is 2.37. The van der Waals surface area contributed by atoms with Crippen LogP contribution in [-0.4, -0.2) is 49.7 Å². The van der Waals surface area contributed by atoms with Crippen LogP contribution in [0.5, 0.6) is 0 Å². The largest absolute Gasteiger partial charge is 0.480 e. The van der Waals surface area contributed by atoms with Gasteiger partial charge < -0.3 is 10.0 Å². The van der Waals surface area contributed by atoms with Crippen LogP contribution < -0.4 is 0 Å². The molecule has 0 aromatic heterocycles. The minimum Gasteiger partial charge on any atom is -0.480 e. The SMILES string of the molecule is CC(C)C(C(=O)O)S(=O)C(C)C(=O)N1CCCCC1. The highest BCUT2D eigenvalue weighted by atomic mass is 32.2. The highest BCUT2D eigenvalue weighted by Gasteiger charge is 2.36. The third kappa shape index (κ3) is 4.03. The number of nitrogens with zero attached hydrogens (tertiary/aromatic N) is 1. The summed E-state index contributed by atoms with van der Waals surface area (Å²) in [5.74, 6) is -1.52. The Hall–Kier alpha value is -0.910. The van der Waals surface area contributed by atoms with E-state index < -0.39 is 27.3 Å². The van der Waals surface area contributed by atoms with Crippen molar-refractivity contribution < 1.29 is 18.9 Å². The lowest BCUT2D eigenvalue weighted by Crippen LogP contribution is -2.46. The van der Waals surface area contributed by atoms with E-state index in [1.807, 2.05) is 0 Å². The van der Waals surface area contributed by atoms with E-state index in [4.69, 9.17) is 5.11 Å². The van der Waals surface area contributed by atoms with Crippen molar-refractivity contribution in [3.8, 4) is 0 Å². The number of piperidine rings is 1. The highest BCUT2D eigenvalue weighted by Crippen LogP contribution is 2.17. The lowest BCUT2D eigenvalue weighted by atomic mass is 10.1. The van der Waals surface area contributed by atoms with Gasteiger partial charge in [0.2, 0.25) is 5.91 Å². The number of rotatable bonds is 5. The molecule has 19 heavy (non-hydrogen) atoms. The van der Waals surface area contributed by atoms with Crippen molar-refractivity contribution in [2.75, 3.05) is 13.1 Å². The number of carboxylic acids is 1. The third-order valence-electron chi connectivity index (χ3n) is 3.46. The molecule has 0 aromatic rings. The molecule has 1 aliphatic heterocycles. The zero-order valence-electron chi connectivity index (χ0n) is 11.8. The van der Waals surface area contributed by atoms with Gasteiger partial charge in [0.25, 0.3) is 0 Å². The Labute approximate surface area is 116 Å². The van der Waals surface area contributed by atoms with Crippen molar-refractivity contribution >= 4 is 22.7 Å². The summed E-state index contributed by atoms with van der Waals surface area (Å²) < 4.78 is 12.3. The van der Waals surface area contributed by atoms with E-state index in [0.29, 0.717) is 13.1 Å². The van der Waals surface area contributed by atoms with Crippen molar-refractivity contribution in [1.29, 1.82) is 0 Å². The van der Waals surface area contributed by atoms with E-state index in [9.17, 15) is 13.8 Å². The number of carbonyl (C=O) groups is 2. The Morgan fingerprint density at radius 1 is 1.11 bits per heavy atom. The number of amides is 1. The van der Waals surface area contributed by atoms with Crippen molar-refractivity contribution in [2.24, 2.45) is 5.92 Å². The summed E-state index contributed by atoms with van der Waals surface area (Å²) in [5, 5.41) is 7.41. The second-order valence-electron chi connectivity index (χ2n) is 5.36. The normalized spacial score (nSPS) is 20.9. The number of carboxylic acid groups (broad SMARTS) is 1. The average molecular weight is 289 g/mol. The van der Waals surface area contributed by atoms with Gasteiger partial charge in [-0.15, -0.1) is 0 Å². The van der Waals surface area contributed by atoms with E-state index in [0.717, 1.165) is 19.3 Å². The number of carbonyl (C=O) groups excluding carboxylic acids is 1. The van der Waals surface area contributed by atoms with Crippen molar-refractivity contribution in [2.45, 2.75) is 50.5 Å². The Kier molecular flexibility index (Phi) is 5.97. The molecule has 1 rings (SSSR count). The number of likely N-dealkylation sites (tertiary alicyclic amines) is 1. The van der Waals surface area contributed by atoms with Crippen molar-refractivity contribution in [3.63, 3.8) is 0 Å². The van der Waals surface area contributed by atoms with E-state index in [2.05, 4.69) is 0 Å². The van der Waals surface area contributed by atoms with Gasteiger partial charge in [0.1, 0.15) is 10.5 Å². The molecule has 1 amide bonds. The zero-order valence-corrected chi connectivity index (χ0v) is 12.6. The van der Waals surface area contributed by atoms with Crippen LogP contribution in [0.15, 0.2) is 0 Å². The molecule has 1 heterocycles. The summed E-state index contributed by atoms with van der Waals surface area (Å²) in [6.07, 6.45) is 3.06. The second kappa shape index (κ2) is 7.03. The van der Waals surface area contributed by atoms with Gasteiger partial charge in [0.05, 0.1) is 0 Å². The van der Waals surface area contributed by atoms with E-state index in [1.165, 1.54) is 0 Å². The first-order chi connectivity index (χ1) is 8.86. The molecule has 3 unspecified atom stereocenters. The summed E-state index contributed by atoms with van der Waals surface area (Å²) in [6.45, 7) is 6.40. The lowest BCUT2D eigenvalue weighted by Gasteiger charge is -2.30. The van der Waals surface area contributed by atoms with Crippen LogP contribution in [0.3, 0.4) is 0 Å². The topological polar surface area (TPSA) is 74.7 Å². The molecule has 0 saturated carbocycles. The molecule has 6 heteroatoms. The fourth-order valence-corrected chi connectivity index (χ4v) is 3.87. The standard InChI is InChI=1S/C13H23NO4S/c1-9(2)11(13(16)17)19(18)10(3)12(15)14-7-5-4-6-8-14/h9-11H,4-8H2,1-3H3,(H,16,17). The maximum atomic E-state index is 12.3. The van der Waals surface area contributed by atoms with Crippen molar-refractivity contribution in [1.82, 2.24) is 4.90 Å². The molecule has 0 bridgehead atoms. The molecule has 1 saturated heterocycles. The first-order valence-electron chi connectivity index (χ1n) is 6.77. The van der Waals surface area contributed by atoms with Gasteiger partial charge in [0.15, 0.2) is 0 Å². The minimum absolute atomic E-state index is 0.176. The van der Waals surface area contributed by atoms with Gasteiger partial charge in [0, 0.05) is 23.9 Å². The van der Waals surface area contributed by atoms with E-state index >= 15 is 0 Å². The zero-order chi connectivity index (χ0) is 14.6. The lowest BCUT2D eigenvalue weighted by molar-refractivity contribution is -0.137. The first kappa shape index (κ1) is 16.1. The molecule has 0 spiro atoms. The quantitative estimate of drug-likeness (QED) is 0.826. The van der Waals surface area contributed by atoms with Gasteiger partial charge in [-0.3, -0.25) is 13.8 Å². The van der Waals surface area contributed by atoms with Gasteiger partial charge in [-0.25, -0.2) is 0 Å². The van der Waals surface area contributed by atoms with E-state index in [1.54, 1.807) is 25.7 Å². The summed E-state index contributed by atoms with van der Waals surface area (Å²) in [4.78, 5) is 25.1. The monoisotopic (exact) mass is 289 g/mol. The maximum Gasteiger partial charge on any atom is 0.319 e. The smallest absolute Gasteiger partial charge is 0.319 e. The van der Waals surface area contributed by atoms with Gasteiger partial charge in [-0.05, 0) is 32.1 Å². The number of hydrogen-bond donors (Lipinski definition) is 1. The van der Waals surface area contributed by atoms with Crippen LogP contribution in [-0.2, 0) is 20.4 Å². The van der Waals surface area contributed by atoms with Crippen LogP contribution in [0.1, 0.15) is 40.0 Å². The Balaban J connectivity index is 2.74. The molecule has 1 fully saturated rings. The number of hydrogen-bond acceptors (Lipinski definition) is 3. The van der Waals surface area contributed by atoms with Crippen LogP contribution in [0.25, 0.3) is 0 Å². The molecule has 110 valence electrons. The fraction of sp³-hybridized carbons (Fsp3) is 0.846. The predicted molar refractivity (Wildman–Crippen MR) is 74.3 cm³/mol. The fourth-order valence-electron chi connectivity index (χ4n) is 2.34. The summed E-state index contributed by atoms with van der Waals surface area (Å²) in [7, 11) is -1.69. The van der Waals surface area contributed by atoms with Crippen molar-refractivity contribution in [3.05, 3.63) is 0 Å². The van der Waals surface area contributed by atoms with Crippen LogP contribution >= 0.6 is 0 Å². The molecule has 0 aliphatic carbocycles. The molecule has 0 radical (unpaired) electrons. The first-order valence-corrected chi connectivity index (χ1v) is 8.04. The summed E-state index contributed by atoms with van der Waals surface area (Å²) in [5.41, 5.74) is 0. The Morgan fingerprint density at radius 2 is 1.63 bits per heavy atom. The molecule has 3 atom stereocenters. The third-order valence-corrected chi connectivity index (χ3v) is 5.61. The van der Waals surface area contributed by atoms with Crippen LogP contribution in [0.4, 0.5) is 0 Å². The maximum absolute atomic E-state index is 12.3. The predicted octanol–water partition coefficient (Wildman–Crippen LogP) is 1.25. The summed E-state index contributed by atoms with van der Waals surface area (Å²) in [6, 6.07) is 0. The molecule has 5 nitrogen and oxygen atoms in total. The minimum atomic E-state index is -1.69. The van der Waals surface area contributed by atoms with Gasteiger partial charge in [-0.1, -0.05) is 13.8 Å². The Bertz CT molecular complexity index is 364. The molecule has 1 N–H and O–H groups in total. The van der Waals surface area contributed by atoms with Crippen LogP contribution in [0, 0.1) is 5.92 Å². The summed E-state index contributed by atoms with van der Waals surface area (Å²) >= 11 is 0. The van der Waals surface area contributed by atoms with Gasteiger partial charge >= 0.3 is 5.97 Å². The van der Waals surface area contributed by atoms with Crippen LogP contribution in [0.2, 0.25) is 0 Å². The van der Waals surface area contributed by atoms with Gasteiger partial charge in [-0.2, -0.15) is 0 Å². The second-order valence-corrected chi connectivity index (χ2v) is 7.23. The Morgan fingerprint density at radius 3 is 2.05 bits per heavy atom.